The maximum atomic E-state index is 13.1. The molecule has 1 atom stereocenters. The zero-order chi connectivity index (χ0) is 19.3. The first-order valence-corrected chi connectivity index (χ1v) is 10.0. The number of carbonyl (C=O) groups is 1. The molecule has 0 spiro atoms. The molecule has 0 radical (unpaired) electrons. The van der Waals surface area contributed by atoms with Crippen molar-refractivity contribution in [2.45, 2.75) is 44.7 Å². The van der Waals surface area contributed by atoms with Gasteiger partial charge in [-0.15, -0.1) is 0 Å². The minimum absolute atomic E-state index is 0.0721. The van der Waals surface area contributed by atoms with Gasteiger partial charge in [-0.3, -0.25) is 9.36 Å². The van der Waals surface area contributed by atoms with E-state index >= 15 is 0 Å². The molecule has 0 aliphatic carbocycles. The van der Waals surface area contributed by atoms with Crippen molar-refractivity contribution >= 4 is 16.9 Å². The van der Waals surface area contributed by atoms with E-state index in [9.17, 15) is 9.59 Å². The number of rotatable bonds is 3. The number of aromatic nitrogens is 5. The summed E-state index contributed by atoms with van der Waals surface area (Å²) >= 11 is 0. The van der Waals surface area contributed by atoms with Crippen molar-refractivity contribution in [3.8, 4) is 0 Å². The number of nitrogens with zero attached hydrogens (tertiary/aromatic N) is 6. The highest BCUT2D eigenvalue weighted by molar-refractivity contribution is 5.81. The number of fused-ring (bicyclic) bond motifs is 2. The van der Waals surface area contributed by atoms with E-state index < -0.39 is 6.04 Å². The molecule has 28 heavy (non-hydrogen) atoms. The van der Waals surface area contributed by atoms with Gasteiger partial charge in [-0.25, -0.2) is 14.5 Å². The third-order valence-electron chi connectivity index (χ3n) is 6.00. The molecule has 8 nitrogen and oxygen atoms in total. The summed E-state index contributed by atoms with van der Waals surface area (Å²) in [6, 6.07) is 7.49. The van der Waals surface area contributed by atoms with Crippen LogP contribution in [0, 0.1) is 0 Å². The maximum Gasteiger partial charge on any atom is 0.347 e. The molecule has 2 aliphatic heterocycles. The van der Waals surface area contributed by atoms with E-state index in [1.54, 1.807) is 4.57 Å². The van der Waals surface area contributed by atoms with Crippen LogP contribution in [0.3, 0.4) is 0 Å². The van der Waals surface area contributed by atoms with Crippen LogP contribution in [0.15, 0.2) is 29.1 Å². The quantitative estimate of drug-likeness (QED) is 0.690. The van der Waals surface area contributed by atoms with Gasteiger partial charge in [-0.1, -0.05) is 12.1 Å². The van der Waals surface area contributed by atoms with Gasteiger partial charge in [0.25, 0.3) is 0 Å². The van der Waals surface area contributed by atoms with Gasteiger partial charge in [0.2, 0.25) is 5.91 Å². The van der Waals surface area contributed by atoms with E-state index in [2.05, 4.69) is 10.1 Å². The standard InChI is InChI=1S/C20H24N6O2/c1-23-15-8-3-2-7-14(15)21-18(23)13-25-20(28)26-16(9-6-10-17(26)22-25)19(27)24-11-4-5-12-24/h2-3,7-8,16H,4-6,9-13H2,1H3. The summed E-state index contributed by atoms with van der Waals surface area (Å²) in [7, 11) is 1.95. The lowest BCUT2D eigenvalue weighted by Crippen LogP contribution is -2.41. The molecule has 8 heteroatoms. The zero-order valence-electron chi connectivity index (χ0n) is 16.0. The van der Waals surface area contributed by atoms with Gasteiger partial charge in [0.15, 0.2) is 0 Å². The van der Waals surface area contributed by atoms with Gasteiger partial charge < -0.3 is 9.47 Å². The molecule has 1 aromatic carbocycles. The van der Waals surface area contributed by atoms with Crippen LogP contribution in [0.5, 0.6) is 0 Å². The van der Waals surface area contributed by atoms with E-state index in [0.29, 0.717) is 18.8 Å². The molecule has 0 N–H and O–H groups in total. The van der Waals surface area contributed by atoms with Gasteiger partial charge in [0.1, 0.15) is 24.2 Å². The molecule has 2 aliphatic rings. The van der Waals surface area contributed by atoms with E-state index in [4.69, 9.17) is 0 Å². The molecule has 0 saturated carbocycles. The fourth-order valence-electron chi connectivity index (χ4n) is 4.49. The highest BCUT2D eigenvalue weighted by Crippen LogP contribution is 2.25. The Morgan fingerprint density at radius 3 is 2.75 bits per heavy atom. The fraction of sp³-hybridized carbons (Fsp3) is 0.500. The predicted octanol–water partition coefficient (Wildman–Crippen LogP) is 1.48. The third-order valence-corrected chi connectivity index (χ3v) is 6.00. The second kappa shape index (κ2) is 6.61. The Hall–Kier alpha value is -2.90. The van der Waals surface area contributed by atoms with Crippen molar-refractivity contribution in [1.82, 2.24) is 28.8 Å². The van der Waals surface area contributed by atoms with Crippen LogP contribution in [0.1, 0.15) is 43.4 Å². The Kier molecular flexibility index (Phi) is 4.07. The number of imidazole rings is 1. The molecule has 1 saturated heterocycles. The molecule has 5 rings (SSSR count). The number of benzene rings is 1. The molecule has 1 unspecified atom stereocenters. The minimum atomic E-state index is -0.413. The number of hydrogen-bond acceptors (Lipinski definition) is 4. The van der Waals surface area contributed by atoms with Gasteiger partial charge in [-0.2, -0.15) is 5.10 Å². The van der Waals surface area contributed by atoms with Gasteiger partial charge in [0, 0.05) is 26.6 Å². The number of para-hydroxylation sites is 2. The van der Waals surface area contributed by atoms with Crippen LogP contribution in [0.4, 0.5) is 0 Å². The summed E-state index contributed by atoms with van der Waals surface area (Å²) in [5.74, 6) is 1.57. The molecule has 3 aromatic rings. The van der Waals surface area contributed by atoms with Gasteiger partial charge in [-0.05, 0) is 37.8 Å². The highest BCUT2D eigenvalue weighted by atomic mass is 16.2. The Morgan fingerprint density at radius 1 is 1.18 bits per heavy atom. The lowest BCUT2D eigenvalue weighted by molar-refractivity contribution is -0.134. The first-order valence-electron chi connectivity index (χ1n) is 10.0. The zero-order valence-corrected chi connectivity index (χ0v) is 16.0. The number of aryl methyl sites for hydroxylation is 2. The molecule has 1 fully saturated rings. The Labute approximate surface area is 162 Å². The van der Waals surface area contributed by atoms with Crippen molar-refractivity contribution in [2.24, 2.45) is 7.05 Å². The summed E-state index contributed by atoms with van der Waals surface area (Å²) < 4.78 is 5.09. The second-order valence-corrected chi connectivity index (χ2v) is 7.74. The average molecular weight is 380 g/mol. The number of likely N-dealkylation sites (tertiary alicyclic amines) is 1. The molecule has 2 aromatic heterocycles. The van der Waals surface area contributed by atoms with Crippen LogP contribution in [0.25, 0.3) is 11.0 Å². The van der Waals surface area contributed by atoms with Crippen molar-refractivity contribution in [1.29, 1.82) is 0 Å². The lowest BCUT2D eigenvalue weighted by Gasteiger charge is -2.27. The van der Waals surface area contributed by atoms with Crippen LogP contribution in [-0.4, -0.2) is 47.8 Å². The second-order valence-electron chi connectivity index (χ2n) is 7.74. The molecule has 1 amide bonds. The van der Waals surface area contributed by atoms with Crippen molar-refractivity contribution < 1.29 is 4.79 Å². The van der Waals surface area contributed by atoms with Crippen molar-refractivity contribution in [2.75, 3.05) is 13.1 Å². The van der Waals surface area contributed by atoms with Crippen molar-refractivity contribution in [3.05, 3.63) is 46.4 Å². The average Bonchev–Trinajstić information content (AvgIpc) is 3.42. The van der Waals surface area contributed by atoms with Crippen LogP contribution in [-0.2, 0) is 24.8 Å². The Balaban J connectivity index is 1.50. The van der Waals surface area contributed by atoms with E-state index in [1.807, 2.05) is 40.8 Å². The topological polar surface area (TPSA) is 78.0 Å². The van der Waals surface area contributed by atoms with Gasteiger partial charge in [0.05, 0.1) is 11.0 Å². The smallest absolute Gasteiger partial charge is 0.341 e. The molecule has 0 bridgehead atoms. The fourth-order valence-corrected chi connectivity index (χ4v) is 4.49. The van der Waals surface area contributed by atoms with Crippen LogP contribution in [0.2, 0.25) is 0 Å². The normalized spacial score (nSPS) is 19.3. The first kappa shape index (κ1) is 17.2. The molecule has 4 heterocycles. The molecular formula is C20H24N6O2. The Bertz CT molecular complexity index is 1100. The summed E-state index contributed by atoms with van der Waals surface area (Å²) in [6.45, 7) is 1.90. The van der Waals surface area contributed by atoms with Crippen LogP contribution >= 0.6 is 0 Å². The highest BCUT2D eigenvalue weighted by Gasteiger charge is 2.34. The number of amides is 1. The molecular weight excluding hydrogens is 356 g/mol. The SMILES string of the molecule is Cn1c(Cn2nc3n(c2=O)C(C(=O)N2CCCC2)CCC3)nc2ccccc21. The maximum absolute atomic E-state index is 13.1. The summed E-state index contributed by atoms with van der Waals surface area (Å²) in [5, 5.41) is 4.56. The minimum Gasteiger partial charge on any atom is -0.341 e. The van der Waals surface area contributed by atoms with E-state index in [0.717, 1.165) is 55.6 Å². The summed E-state index contributed by atoms with van der Waals surface area (Å²) in [6.07, 6.45) is 4.42. The largest absolute Gasteiger partial charge is 0.347 e. The monoisotopic (exact) mass is 380 g/mol. The summed E-state index contributed by atoms with van der Waals surface area (Å²) in [5.41, 5.74) is 1.72. The molecule has 146 valence electrons. The van der Waals surface area contributed by atoms with Crippen LogP contribution < -0.4 is 5.69 Å². The van der Waals surface area contributed by atoms with E-state index in [1.165, 1.54) is 4.68 Å². The third kappa shape index (κ3) is 2.66. The number of hydrogen-bond donors (Lipinski definition) is 0. The van der Waals surface area contributed by atoms with E-state index in [-0.39, 0.29) is 11.6 Å². The van der Waals surface area contributed by atoms with Gasteiger partial charge >= 0.3 is 5.69 Å². The summed E-state index contributed by atoms with van der Waals surface area (Å²) in [4.78, 5) is 32.6. The first-order chi connectivity index (χ1) is 13.6. The number of carbonyl (C=O) groups excluding carboxylic acids is 1. The predicted molar refractivity (Wildman–Crippen MR) is 104 cm³/mol. The Morgan fingerprint density at radius 2 is 1.96 bits per heavy atom. The van der Waals surface area contributed by atoms with Crippen molar-refractivity contribution in [3.63, 3.8) is 0 Å². The lowest BCUT2D eigenvalue weighted by atomic mass is 10.0.